The first kappa shape index (κ1) is 17.8. The molecule has 3 N–H and O–H groups in total. The molecule has 0 spiro atoms. The van der Waals surface area contributed by atoms with Crippen LogP contribution in [0.5, 0.6) is 0 Å². The highest BCUT2D eigenvalue weighted by molar-refractivity contribution is 5.85. The molecule has 0 heterocycles. The predicted octanol–water partition coefficient (Wildman–Crippen LogP) is 1.54. The average molecular weight is 295 g/mol. The smallest absolute Gasteiger partial charge is 0.239 e. The summed E-state index contributed by atoms with van der Waals surface area (Å²) in [5.74, 6) is -1.93. The molecule has 1 aromatic carbocycles. The highest BCUT2D eigenvalue weighted by Gasteiger charge is 2.20. The molecule has 1 aromatic rings. The van der Waals surface area contributed by atoms with Crippen molar-refractivity contribution >= 4 is 18.3 Å². The van der Waals surface area contributed by atoms with Crippen molar-refractivity contribution in [2.45, 2.75) is 19.0 Å². The summed E-state index contributed by atoms with van der Waals surface area (Å²) < 4.78 is 31.6. The Bertz CT molecular complexity index is 412. The van der Waals surface area contributed by atoms with E-state index in [0.717, 1.165) is 12.1 Å². The SMILES string of the molecule is COCC(N)C(=O)NC(C)c1c(F)cccc1F.Cl. The lowest BCUT2D eigenvalue weighted by Gasteiger charge is -2.18. The van der Waals surface area contributed by atoms with Crippen molar-refractivity contribution < 1.29 is 18.3 Å². The van der Waals surface area contributed by atoms with Gasteiger partial charge < -0.3 is 15.8 Å². The summed E-state index contributed by atoms with van der Waals surface area (Å²) in [5.41, 5.74) is 5.32. The van der Waals surface area contributed by atoms with Gasteiger partial charge in [0.1, 0.15) is 17.7 Å². The first-order chi connectivity index (χ1) is 8.47. The molecular formula is C12H17ClF2N2O2. The van der Waals surface area contributed by atoms with E-state index in [-0.39, 0.29) is 24.6 Å². The van der Waals surface area contributed by atoms with Gasteiger partial charge in [-0.15, -0.1) is 12.4 Å². The van der Waals surface area contributed by atoms with Crippen LogP contribution >= 0.6 is 12.4 Å². The molecule has 2 unspecified atom stereocenters. The standard InChI is InChI=1S/C12H16F2N2O2.ClH/c1-7(16-12(17)10(15)6-18-2)11-8(13)4-3-5-9(11)14;/h3-5,7,10H,6,15H2,1-2H3,(H,16,17);1H. The van der Waals surface area contributed by atoms with Gasteiger partial charge in [-0.3, -0.25) is 4.79 Å². The molecule has 0 saturated carbocycles. The first-order valence-electron chi connectivity index (χ1n) is 5.46. The highest BCUT2D eigenvalue weighted by atomic mass is 35.5. The molecule has 0 aliphatic heterocycles. The third-order valence-corrected chi connectivity index (χ3v) is 2.47. The summed E-state index contributed by atoms with van der Waals surface area (Å²) >= 11 is 0. The molecule has 0 aliphatic rings. The van der Waals surface area contributed by atoms with Gasteiger partial charge in [-0.05, 0) is 19.1 Å². The summed E-state index contributed by atoms with van der Waals surface area (Å²) in [4.78, 5) is 11.6. The molecule has 19 heavy (non-hydrogen) atoms. The van der Waals surface area contributed by atoms with E-state index in [4.69, 9.17) is 10.5 Å². The Morgan fingerprint density at radius 1 is 1.42 bits per heavy atom. The maximum Gasteiger partial charge on any atom is 0.239 e. The molecule has 0 aliphatic carbocycles. The Hall–Kier alpha value is -1.24. The zero-order valence-corrected chi connectivity index (χ0v) is 11.5. The number of benzene rings is 1. The molecule has 2 atom stereocenters. The number of carbonyl (C=O) groups is 1. The van der Waals surface area contributed by atoms with Gasteiger partial charge in [0.05, 0.1) is 12.6 Å². The topological polar surface area (TPSA) is 64.3 Å². The van der Waals surface area contributed by atoms with Crippen LogP contribution in [0, 0.1) is 11.6 Å². The third kappa shape index (κ3) is 4.74. The van der Waals surface area contributed by atoms with E-state index in [1.165, 1.54) is 20.1 Å². The van der Waals surface area contributed by atoms with Crippen molar-refractivity contribution in [1.82, 2.24) is 5.32 Å². The molecule has 0 aromatic heterocycles. The van der Waals surface area contributed by atoms with Gasteiger partial charge in [-0.1, -0.05) is 6.07 Å². The first-order valence-corrected chi connectivity index (χ1v) is 5.46. The number of hydrogen-bond donors (Lipinski definition) is 2. The van der Waals surface area contributed by atoms with Crippen LogP contribution in [0.2, 0.25) is 0 Å². The van der Waals surface area contributed by atoms with Gasteiger partial charge in [0.2, 0.25) is 5.91 Å². The lowest BCUT2D eigenvalue weighted by atomic mass is 10.1. The van der Waals surface area contributed by atoms with Crippen LogP contribution in [0.25, 0.3) is 0 Å². The number of rotatable bonds is 5. The van der Waals surface area contributed by atoms with E-state index in [1.54, 1.807) is 0 Å². The summed E-state index contributed by atoms with van der Waals surface area (Å²) in [6.45, 7) is 1.53. The molecule has 7 heteroatoms. The number of carbonyl (C=O) groups excluding carboxylic acids is 1. The number of methoxy groups -OCH3 is 1. The fraction of sp³-hybridized carbons (Fsp3) is 0.417. The van der Waals surface area contributed by atoms with Crippen molar-refractivity contribution in [3.8, 4) is 0 Å². The van der Waals surface area contributed by atoms with Crippen molar-refractivity contribution in [2.24, 2.45) is 5.73 Å². The molecule has 1 rings (SSSR count). The second kappa shape index (κ2) is 8.04. The summed E-state index contributed by atoms with van der Waals surface area (Å²) in [5, 5.41) is 2.44. The Kier molecular flexibility index (Phi) is 7.51. The second-order valence-electron chi connectivity index (χ2n) is 3.93. The monoisotopic (exact) mass is 294 g/mol. The van der Waals surface area contributed by atoms with Crippen LogP contribution in [0.1, 0.15) is 18.5 Å². The minimum atomic E-state index is -0.868. The normalized spacial score (nSPS) is 13.3. The Labute approximate surface area is 116 Å². The van der Waals surface area contributed by atoms with E-state index in [2.05, 4.69) is 5.32 Å². The van der Waals surface area contributed by atoms with Gasteiger partial charge in [-0.2, -0.15) is 0 Å². The van der Waals surface area contributed by atoms with Gasteiger partial charge in [-0.25, -0.2) is 8.78 Å². The number of amides is 1. The van der Waals surface area contributed by atoms with Crippen LogP contribution in [0.4, 0.5) is 8.78 Å². The Morgan fingerprint density at radius 3 is 2.42 bits per heavy atom. The minimum absolute atomic E-state index is 0. The minimum Gasteiger partial charge on any atom is -0.383 e. The maximum absolute atomic E-state index is 13.5. The molecule has 108 valence electrons. The molecule has 0 saturated heterocycles. The summed E-state index contributed by atoms with van der Waals surface area (Å²) in [7, 11) is 1.41. The van der Waals surface area contributed by atoms with Crippen molar-refractivity contribution in [3.63, 3.8) is 0 Å². The van der Waals surface area contributed by atoms with Crippen molar-refractivity contribution in [1.29, 1.82) is 0 Å². The van der Waals surface area contributed by atoms with Gasteiger partial charge in [0.25, 0.3) is 0 Å². The van der Waals surface area contributed by atoms with Crippen molar-refractivity contribution in [3.05, 3.63) is 35.4 Å². The second-order valence-corrected chi connectivity index (χ2v) is 3.93. The number of nitrogens with two attached hydrogens (primary N) is 1. The zero-order valence-electron chi connectivity index (χ0n) is 10.7. The number of ether oxygens (including phenoxy) is 1. The zero-order chi connectivity index (χ0) is 13.7. The Balaban J connectivity index is 0.00000324. The molecule has 0 bridgehead atoms. The van der Waals surface area contributed by atoms with Gasteiger partial charge in [0.15, 0.2) is 0 Å². The van der Waals surface area contributed by atoms with Crippen LogP contribution in [0.3, 0.4) is 0 Å². The summed E-state index contributed by atoms with van der Waals surface area (Å²) in [6, 6.07) is 1.86. The number of halogens is 3. The molecular weight excluding hydrogens is 278 g/mol. The number of nitrogens with one attached hydrogen (secondary N) is 1. The van der Waals surface area contributed by atoms with Crippen LogP contribution in [-0.4, -0.2) is 25.7 Å². The van der Waals surface area contributed by atoms with Crippen LogP contribution < -0.4 is 11.1 Å². The molecule has 1 amide bonds. The van der Waals surface area contributed by atoms with Gasteiger partial charge >= 0.3 is 0 Å². The molecule has 4 nitrogen and oxygen atoms in total. The van der Waals surface area contributed by atoms with E-state index in [0.29, 0.717) is 0 Å². The number of hydrogen-bond acceptors (Lipinski definition) is 3. The predicted molar refractivity (Wildman–Crippen MR) is 70.0 cm³/mol. The average Bonchev–Trinajstić information content (AvgIpc) is 2.28. The van der Waals surface area contributed by atoms with Crippen LogP contribution in [-0.2, 0) is 9.53 Å². The largest absolute Gasteiger partial charge is 0.383 e. The molecule has 0 fully saturated rings. The van der Waals surface area contributed by atoms with Gasteiger partial charge in [0, 0.05) is 12.7 Å². The van der Waals surface area contributed by atoms with E-state index in [9.17, 15) is 13.6 Å². The fourth-order valence-electron chi connectivity index (χ4n) is 1.57. The quantitative estimate of drug-likeness (QED) is 0.866. The lowest BCUT2D eigenvalue weighted by molar-refractivity contribution is -0.124. The van der Waals surface area contributed by atoms with Crippen LogP contribution in [0.15, 0.2) is 18.2 Å². The van der Waals surface area contributed by atoms with Crippen molar-refractivity contribution in [2.75, 3.05) is 13.7 Å². The summed E-state index contributed by atoms with van der Waals surface area (Å²) in [6.07, 6.45) is 0. The van der Waals surface area contributed by atoms with E-state index >= 15 is 0 Å². The maximum atomic E-state index is 13.5. The lowest BCUT2D eigenvalue weighted by Crippen LogP contribution is -2.44. The third-order valence-electron chi connectivity index (χ3n) is 2.47. The Morgan fingerprint density at radius 2 is 1.95 bits per heavy atom. The van der Waals surface area contributed by atoms with E-state index < -0.39 is 29.6 Å². The fourth-order valence-corrected chi connectivity index (χ4v) is 1.57. The van der Waals surface area contributed by atoms with E-state index in [1.807, 2.05) is 0 Å². The molecule has 0 radical (unpaired) electrons. The highest BCUT2D eigenvalue weighted by Crippen LogP contribution is 2.20.